The van der Waals surface area contributed by atoms with Crippen LogP contribution >= 0.6 is 11.3 Å². The molecule has 1 aromatic heterocycles. The first kappa shape index (κ1) is 15.5. The molecule has 0 saturated heterocycles. The van der Waals surface area contributed by atoms with Crippen molar-refractivity contribution in [2.45, 2.75) is 25.4 Å². The van der Waals surface area contributed by atoms with Crippen LogP contribution in [-0.2, 0) is 4.79 Å². The summed E-state index contributed by atoms with van der Waals surface area (Å²) >= 11 is 1.46. The number of thiophene rings is 1. The van der Waals surface area contributed by atoms with Crippen LogP contribution in [0.2, 0.25) is 0 Å². The van der Waals surface area contributed by atoms with E-state index in [1.807, 2.05) is 17.5 Å². The van der Waals surface area contributed by atoms with E-state index in [1.165, 1.54) is 29.5 Å². The van der Waals surface area contributed by atoms with E-state index in [1.54, 1.807) is 6.92 Å². The number of carboxylic acid groups (broad SMARTS) is 1. The number of aliphatic carboxylic acids is 1. The standard InChI is InChI=1S/C15H16FNO3S/c1-9(11-7-10(16)4-5-13(11)18)17-12(8-15(19)20)14-3-2-6-21-14/h2-7,9,12,17-18H,8H2,1H3,(H,19,20). The molecule has 0 bridgehead atoms. The van der Waals surface area contributed by atoms with Crippen molar-refractivity contribution in [3.8, 4) is 5.75 Å². The topological polar surface area (TPSA) is 69.6 Å². The molecule has 2 aromatic rings. The summed E-state index contributed by atoms with van der Waals surface area (Å²) in [6.07, 6.45) is -0.0824. The van der Waals surface area contributed by atoms with Gasteiger partial charge in [0, 0.05) is 16.5 Å². The molecule has 6 heteroatoms. The zero-order valence-corrected chi connectivity index (χ0v) is 12.2. The van der Waals surface area contributed by atoms with E-state index in [2.05, 4.69) is 5.32 Å². The molecule has 1 aromatic carbocycles. The van der Waals surface area contributed by atoms with Crippen molar-refractivity contribution in [1.29, 1.82) is 0 Å². The van der Waals surface area contributed by atoms with Crippen LogP contribution in [0.3, 0.4) is 0 Å². The van der Waals surface area contributed by atoms with E-state index >= 15 is 0 Å². The lowest BCUT2D eigenvalue weighted by atomic mass is 10.0. The Kier molecular flexibility index (Phi) is 4.93. The fraction of sp³-hybridized carbons (Fsp3) is 0.267. The Morgan fingerprint density at radius 2 is 2.19 bits per heavy atom. The van der Waals surface area contributed by atoms with Crippen molar-refractivity contribution < 1.29 is 19.4 Å². The van der Waals surface area contributed by atoms with Crippen LogP contribution in [0.4, 0.5) is 4.39 Å². The first-order valence-electron chi connectivity index (χ1n) is 6.47. The number of carbonyl (C=O) groups is 1. The maximum absolute atomic E-state index is 13.3. The van der Waals surface area contributed by atoms with Gasteiger partial charge in [-0.15, -0.1) is 11.3 Å². The number of aromatic hydroxyl groups is 1. The fourth-order valence-corrected chi connectivity index (χ4v) is 2.96. The molecule has 0 saturated carbocycles. The third kappa shape index (κ3) is 4.03. The Labute approximate surface area is 125 Å². The zero-order chi connectivity index (χ0) is 15.4. The maximum Gasteiger partial charge on any atom is 0.305 e. The second-order valence-electron chi connectivity index (χ2n) is 4.76. The van der Waals surface area contributed by atoms with E-state index in [-0.39, 0.29) is 24.3 Å². The minimum absolute atomic E-state index is 0.0170. The molecular formula is C15H16FNO3S. The molecule has 0 radical (unpaired) electrons. The average Bonchev–Trinajstić information content (AvgIpc) is 2.94. The van der Waals surface area contributed by atoms with Gasteiger partial charge in [0.15, 0.2) is 0 Å². The van der Waals surface area contributed by atoms with Crippen LogP contribution < -0.4 is 5.32 Å². The van der Waals surface area contributed by atoms with E-state index in [0.29, 0.717) is 5.56 Å². The number of hydrogen-bond donors (Lipinski definition) is 3. The van der Waals surface area contributed by atoms with Crippen molar-refractivity contribution >= 4 is 17.3 Å². The molecule has 0 fully saturated rings. The van der Waals surface area contributed by atoms with Gasteiger partial charge in [-0.2, -0.15) is 0 Å². The molecule has 0 amide bonds. The van der Waals surface area contributed by atoms with Crippen molar-refractivity contribution in [1.82, 2.24) is 5.32 Å². The third-order valence-electron chi connectivity index (χ3n) is 3.17. The van der Waals surface area contributed by atoms with Crippen LogP contribution in [0.25, 0.3) is 0 Å². The van der Waals surface area contributed by atoms with Gasteiger partial charge in [-0.25, -0.2) is 4.39 Å². The van der Waals surface area contributed by atoms with E-state index in [9.17, 15) is 14.3 Å². The van der Waals surface area contributed by atoms with Gasteiger partial charge in [0.1, 0.15) is 11.6 Å². The second kappa shape index (κ2) is 6.69. The number of benzene rings is 1. The highest BCUT2D eigenvalue weighted by Gasteiger charge is 2.21. The van der Waals surface area contributed by atoms with Crippen LogP contribution in [0.15, 0.2) is 35.7 Å². The van der Waals surface area contributed by atoms with Gasteiger partial charge < -0.3 is 15.5 Å². The summed E-state index contributed by atoms with van der Waals surface area (Å²) < 4.78 is 13.3. The lowest BCUT2D eigenvalue weighted by Gasteiger charge is -2.22. The molecule has 2 rings (SSSR count). The van der Waals surface area contributed by atoms with Gasteiger partial charge in [0.2, 0.25) is 0 Å². The lowest BCUT2D eigenvalue weighted by molar-refractivity contribution is -0.137. The molecule has 2 unspecified atom stereocenters. The fourth-order valence-electron chi connectivity index (χ4n) is 2.17. The number of halogens is 1. The van der Waals surface area contributed by atoms with Crippen molar-refractivity contribution in [3.63, 3.8) is 0 Å². The molecule has 0 spiro atoms. The zero-order valence-electron chi connectivity index (χ0n) is 11.4. The molecule has 2 atom stereocenters. The van der Waals surface area contributed by atoms with Crippen LogP contribution in [0.1, 0.15) is 35.9 Å². The van der Waals surface area contributed by atoms with Gasteiger partial charge in [-0.05, 0) is 36.6 Å². The Hall–Kier alpha value is -1.92. The smallest absolute Gasteiger partial charge is 0.305 e. The first-order chi connectivity index (χ1) is 9.97. The molecule has 1 heterocycles. The highest BCUT2D eigenvalue weighted by atomic mass is 32.1. The second-order valence-corrected chi connectivity index (χ2v) is 5.74. The highest BCUT2D eigenvalue weighted by molar-refractivity contribution is 7.10. The molecule has 0 aliphatic rings. The summed E-state index contributed by atoms with van der Waals surface area (Å²) in [5, 5.41) is 23.8. The van der Waals surface area contributed by atoms with Gasteiger partial charge in [0.25, 0.3) is 0 Å². The van der Waals surface area contributed by atoms with Gasteiger partial charge in [0.05, 0.1) is 12.5 Å². The largest absolute Gasteiger partial charge is 0.508 e. The summed E-state index contributed by atoms with van der Waals surface area (Å²) in [6, 6.07) is 6.65. The summed E-state index contributed by atoms with van der Waals surface area (Å²) in [5.41, 5.74) is 0.405. The Bertz CT molecular complexity index is 615. The van der Waals surface area contributed by atoms with Crippen molar-refractivity contribution in [3.05, 3.63) is 52.0 Å². The minimum atomic E-state index is -0.920. The molecule has 4 nitrogen and oxygen atoms in total. The number of hydrogen-bond acceptors (Lipinski definition) is 4. The number of phenols is 1. The number of rotatable bonds is 6. The SMILES string of the molecule is CC(NC(CC(=O)O)c1cccs1)c1cc(F)ccc1O. The Morgan fingerprint density at radius 1 is 1.43 bits per heavy atom. The summed E-state index contributed by atoms with van der Waals surface area (Å²) in [5.74, 6) is -1.38. The van der Waals surface area contributed by atoms with E-state index < -0.39 is 11.8 Å². The summed E-state index contributed by atoms with van der Waals surface area (Å²) in [4.78, 5) is 11.9. The summed E-state index contributed by atoms with van der Waals surface area (Å²) in [6.45, 7) is 1.76. The van der Waals surface area contributed by atoms with Crippen LogP contribution in [-0.4, -0.2) is 16.2 Å². The predicted octanol–water partition coefficient (Wildman–Crippen LogP) is 3.46. The maximum atomic E-state index is 13.3. The van der Waals surface area contributed by atoms with Gasteiger partial charge >= 0.3 is 5.97 Å². The summed E-state index contributed by atoms with van der Waals surface area (Å²) in [7, 11) is 0. The van der Waals surface area contributed by atoms with E-state index in [0.717, 1.165) is 4.88 Å². The molecule has 21 heavy (non-hydrogen) atoms. The molecule has 112 valence electrons. The number of nitrogens with one attached hydrogen (secondary N) is 1. The Morgan fingerprint density at radius 3 is 2.81 bits per heavy atom. The van der Waals surface area contributed by atoms with Gasteiger partial charge in [-0.1, -0.05) is 6.07 Å². The van der Waals surface area contributed by atoms with Crippen LogP contribution in [0.5, 0.6) is 5.75 Å². The van der Waals surface area contributed by atoms with Gasteiger partial charge in [-0.3, -0.25) is 4.79 Å². The molecule has 3 N–H and O–H groups in total. The quantitative estimate of drug-likeness (QED) is 0.764. The average molecular weight is 309 g/mol. The molecular weight excluding hydrogens is 293 g/mol. The first-order valence-corrected chi connectivity index (χ1v) is 7.35. The Balaban J connectivity index is 2.19. The normalized spacial score (nSPS) is 13.8. The number of carboxylic acids is 1. The predicted molar refractivity (Wildman–Crippen MR) is 78.9 cm³/mol. The molecule has 0 aliphatic carbocycles. The third-order valence-corrected chi connectivity index (χ3v) is 4.16. The molecule has 0 aliphatic heterocycles. The lowest BCUT2D eigenvalue weighted by Crippen LogP contribution is -2.26. The number of phenolic OH excluding ortho intramolecular Hbond substituents is 1. The van der Waals surface area contributed by atoms with Crippen molar-refractivity contribution in [2.75, 3.05) is 0 Å². The minimum Gasteiger partial charge on any atom is -0.508 e. The monoisotopic (exact) mass is 309 g/mol. The van der Waals surface area contributed by atoms with Crippen LogP contribution in [0, 0.1) is 5.82 Å². The van der Waals surface area contributed by atoms with Crippen molar-refractivity contribution in [2.24, 2.45) is 0 Å². The van der Waals surface area contributed by atoms with E-state index in [4.69, 9.17) is 5.11 Å². The highest BCUT2D eigenvalue weighted by Crippen LogP contribution is 2.29.